The van der Waals surface area contributed by atoms with Crippen LogP contribution in [0.1, 0.15) is 30.2 Å². The molecule has 0 spiro atoms. The second kappa shape index (κ2) is 5.19. The van der Waals surface area contributed by atoms with Gasteiger partial charge in [-0.05, 0) is 25.5 Å². The monoisotopic (exact) mass is 283 g/mol. The summed E-state index contributed by atoms with van der Waals surface area (Å²) in [7, 11) is 2.07. The minimum absolute atomic E-state index is 0.112. The summed E-state index contributed by atoms with van der Waals surface area (Å²) in [5, 5.41) is 11.9. The minimum atomic E-state index is -0.112. The van der Waals surface area contributed by atoms with Crippen molar-refractivity contribution in [3.8, 4) is 6.07 Å². The van der Waals surface area contributed by atoms with Crippen LogP contribution in [0, 0.1) is 11.3 Å². The summed E-state index contributed by atoms with van der Waals surface area (Å²) in [4.78, 5) is 19.4. The molecular formula is C15H17N5O. The molecule has 2 aromatic heterocycles. The van der Waals surface area contributed by atoms with Gasteiger partial charge >= 0.3 is 0 Å². The Hall–Kier alpha value is -2.39. The van der Waals surface area contributed by atoms with E-state index in [2.05, 4.69) is 34.2 Å². The lowest BCUT2D eigenvalue weighted by Gasteiger charge is -2.22. The molecule has 0 fully saturated rings. The van der Waals surface area contributed by atoms with Crippen LogP contribution < -0.4 is 5.56 Å². The van der Waals surface area contributed by atoms with Crippen LogP contribution in [-0.4, -0.2) is 39.6 Å². The molecular weight excluding hydrogens is 266 g/mol. The summed E-state index contributed by atoms with van der Waals surface area (Å²) in [6.45, 7) is 3.77. The number of rotatable bonds is 2. The van der Waals surface area contributed by atoms with Crippen molar-refractivity contribution in [3.05, 3.63) is 39.4 Å². The van der Waals surface area contributed by atoms with Gasteiger partial charge in [-0.1, -0.05) is 13.0 Å². The number of likely N-dealkylation sites (N-methyl/N-ethyl adjacent to an activating group) is 1. The van der Waals surface area contributed by atoms with Crippen molar-refractivity contribution >= 4 is 11.2 Å². The summed E-state index contributed by atoms with van der Waals surface area (Å²) < 4.78 is 1.36. The Labute approximate surface area is 122 Å². The summed E-state index contributed by atoms with van der Waals surface area (Å²) in [5.74, 6) is 0. The molecule has 0 saturated heterocycles. The van der Waals surface area contributed by atoms with Crippen LogP contribution in [0.2, 0.25) is 0 Å². The first-order valence-corrected chi connectivity index (χ1v) is 7.06. The largest absolute Gasteiger partial charge is 0.302 e. The number of hydrogen-bond donors (Lipinski definition) is 1. The molecule has 0 aliphatic carbocycles. The van der Waals surface area contributed by atoms with Crippen molar-refractivity contribution in [1.82, 2.24) is 19.5 Å². The minimum Gasteiger partial charge on any atom is -0.302 e. The number of nitriles is 1. The molecule has 6 nitrogen and oxygen atoms in total. The zero-order chi connectivity index (χ0) is 15.0. The molecule has 1 aliphatic rings. The van der Waals surface area contributed by atoms with Crippen LogP contribution in [0.3, 0.4) is 0 Å². The first-order valence-electron chi connectivity index (χ1n) is 7.06. The lowest BCUT2D eigenvalue weighted by Crippen LogP contribution is -2.26. The Bertz CT molecular complexity index is 821. The maximum absolute atomic E-state index is 12.6. The molecule has 0 amide bonds. The fourth-order valence-electron chi connectivity index (χ4n) is 2.70. The van der Waals surface area contributed by atoms with Crippen LogP contribution in [0.5, 0.6) is 0 Å². The number of hydrogen-bond acceptors (Lipinski definition) is 4. The number of aromatic nitrogens is 3. The van der Waals surface area contributed by atoms with Crippen molar-refractivity contribution < 1.29 is 0 Å². The third-order valence-electron chi connectivity index (χ3n) is 3.95. The van der Waals surface area contributed by atoms with Crippen molar-refractivity contribution in [3.63, 3.8) is 0 Å². The van der Waals surface area contributed by atoms with E-state index in [1.165, 1.54) is 10.7 Å². The van der Waals surface area contributed by atoms with E-state index in [-0.39, 0.29) is 5.56 Å². The van der Waals surface area contributed by atoms with Gasteiger partial charge in [0.25, 0.3) is 5.56 Å². The second-order valence-electron chi connectivity index (χ2n) is 5.30. The third-order valence-corrected chi connectivity index (χ3v) is 3.95. The summed E-state index contributed by atoms with van der Waals surface area (Å²) in [5.41, 5.74) is 3.26. The van der Waals surface area contributed by atoms with Gasteiger partial charge in [0.05, 0.1) is 5.69 Å². The Morgan fingerprint density at radius 3 is 2.95 bits per heavy atom. The molecule has 21 heavy (non-hydrogen) atoms. The Balaban J connectivity index is 2.26. The van der Waals surface area contributed by atoms with Crippen LogP contribution in [0.4, 0.5) is 0 Å². The SMILES string of the molecule is CCc1c(C2=CCN(C)CC2)nc2c(C#N)c[nH]n2c1=O. The molecule has 2 aromatic rings. The van der Waals surface area contributed by atoms with Crippen molar-refractivity contribution in [1.29, 1.82) is 5.26 Å². The maximum atomic E-state index is 12.6. The van der Waals surface area contributed by atoms with Gasteiger partial charge in [-0.2, -0.15) is 5.26 Å². The van der Waals surface area contributed by atoms with Crippen molar-refractivity contribution in [2.24, 2.45) is 0 Å². The van der Waals surface area contributed by atoms with Crippen LogP contribution in [0.25, 0.3) is 11.2 Å². The average Bonchev–Trinajstić information content (AvgIpc) is 2.91. The molecule has 108 valence electrons. The summed E-state index contributed by atoms with van der Waals surface area (Å²) in [6, 6.07) is 2.07. The van der Waals surface area contributed by atoms with Gasteiger partial charge in [-0.3, -0.25) is 9.89 Å². The predicted octanol–water partition coefficient (Wildman–Crippen LogP) is 1.18. The zero-order valence-electron chi connectivity index (χ0n) is 12.2. The van der Waals surface area contributed by atoms with Gasteiger partial charge in [0.1, 0.15) is 11.6 Å². The van der Waals surface area contributed by atoms with E-state index in [4.69, 9.17) is 5.26 Å². The molecule has 0 unspecified atom stereocenters. The molecule has 0 radical (unpaired) electrons. The molecule has 1 aliphatic heterocycles. The Morgan fingerprint density at radius 2 is 2.33 bits per heavy atom. The van der Waals surface area contributed by atoms with Crippen molar-refractivity contribution in [2.75, 3.05) is 20.1 Å². The van der Waals surface area contributed by atoms with E-state index in [9.17, 15) is 4.79 Å². The van der Waals surface area contributed by atoms with Crippen LogP contribution in [0.15, 0.2) is 17.1 Å². The van der Waals surface area contributed by atoms with E-state index in [1.54, 1.807) is 0 Å². The number of aromatic amines is 1. The smallest absolute Gasteiger partial charge is 0.276 e. The van der Waals surface area contributed by atoms with Crippen LogP contribution >= 0.6 is 0 Å². The van der Waals surface area contributed by atoms with E-state index >= 15 is 0 Å². The fourth-order valence-corrected chi connectivity index (χ4v) is 2.70. The average molecular weight is 283 g/mol. The highest BCUT2D eigenvalue weighted by molar-refractivity contribution is 5.69. The second-order valence-corrected chi connectivity index (χ2v) is 5.30. The number of nitrogens with one attached hydrogen (secondary N) is 1. The topological polar surface area (TPSA) is 77.2 Å². The highest BCUT2D eigenvalue weighted by atomic mass is 16.1. The molecule has 0 saturated carbocycles. The van der Waals surface area contributed by atoms with Gasteiger partial charge in [0.2, 0.25) is 0 Å². The molecule has 0 aromatic carbocycles. The fraction of sp³-hybridized carbons (Fsp3) is 0.400. The van der Waals surface area contributed by atoms with Gasteiger partial charge < -0.3 is 4.90 Å². The quantitative estimate of drug-likeness (QED) is 0.897. The van der Waals surface area contributed by atoms with E-state index < -0.39 is 0 Å². The van der Waals surface area contributed by atoms with Gasteiger partial charge in [0.15, 0.2) is 5.65 Å². The van der Waals surface area contributed by atoms with Crippen molar-refractivity contribution in [2.45, 2.75) is 19.8 Å². The Kier molecular flexibility index (Phi) is 3.35. The molecule has 6 heteroatoms. The van der Waals surface area contributed by atoms with E-state index in [0.717, 1.165) is 30.8 Å². The first kappa shape index (κ1) is 13.6. The maximum Gasteiger partial charge on any atom is 0.276 e. The first-order chi connectivity index (χ1) is 10.2. The highest BCUT2D eigenvalue weighted by Crippen LogP contribution is 2.23. The number of nitrogens with zero attached hydrogens (tertiary/aromatic N) is 4. The summed E-state index contributed by atoms with van der Waals surface area (Å²) >= 11 is 0. The molecule has 1 N–H and O–H groups in total. The van der Waals surface area contributed by atoms with Gasteiger partial charge in [-0.25, -0.2) is 9.50 Å². The molecule has 0 bridgehead atoms. The number of fused-ring (bicyclic) bond motifs is 1. The van der Waals surface area contributed by atoms with Gasteiger partial charge in [0, 0.05) is 24.8 Å². The van der Waals surface area contributed by atoms with E-state index in [1.807, 2.05) is 6.92 Å². The zero-order valence-corrected chi connectivity index (χ0v) is 12.2. The third kappa shape index (κ3) is 2.16. The van der Waals surface area contributed by atoms with Gasteiger partial charge in [-0.15, -0.1) is 0 Å². The standard InChI is InChI=1S/C15H17N5O/c1-3-12-13(10-4-6-19(2)7-5-10)18-14-11(8-16)9-17-20(14)15(12)21/h4,9,17H,3,5-7H2,1-2H3. The summed E-state index contributed by atoms with van der Waals surface area (Å²) in [6.07, 6.45) is 5.15. The highest BCUT2D eigenvalue weighted by Gasteiger charge is 2.19. The number of H-pyrrole nitrogens is 1. The molecule has 3 rings (SSSR count). The predicted molar refractivity (Wildman–Crippen MR) is 80.0 cm³/mol. The molecule has 0 atom stereocenters. The normalized spacial score (nSPS) is 16.0. The molecule has 3 heterocycles. The lowest BCUT2D eigenvalue weighted by molar-refractivity contribution is 0.369. The Morgan fingerprint density at radius 1 is 1.52 bits per heavy atom. The lowest BCUT2D eigenvalue weighted by atomic mass is 10.00. The van der Waals surface area contributed by atoms with E-state index in [0.29, 0.717) is 23.2 Å². The van der Waals surface area contributed by atoms with Crippen LogP contribution in [-0.2, 0) is 6.42 Å².